The van der Waals surface area contributed by atoms with Crippen LogP contribution in [0.1, 0.15) is 39.0 Å². The van der Waals surface area contributed by atoms with Gasteiger partial charge in [-0.2, -0.15) is 0 Å². The molecule has 0 aromatic rings. The van der Waals surface area contributed by atoms with Crippen molar-refractivity contribution in [2.45, 2.75) is 39.0 Å². The summed E-state index contributed by atoms with van der Waals surface area (Å²) in [5, 5.41) is 2.90. The molecule has 0 radical (unpaired) electrons. The maximum absolute atomic E-state index is 11.8. The highest BCUT2D eigenvalue weighted by Crippen LogP contribution is 2.30. The smallest absolute Gasteiger partial charge is 0.234 e. The number of carbonyl (C=O) groups is 1. The summed E-state index contributed by atoms with van der Waals surface area (Å²) in [5.41, 5.74) is 0. The molecule has 0 aromatic heterocycles. The molecule has 1 amide bonds. The van der Waals surface area contributed by atoms with Crippen LogP contribution in [0.3, 0.4) is 0 Å². The molecule has 2 rings (SSSR count). The molecule has 134 valence electrons. The predicted molar refractivity (Wildman–Crippen MR) is 93.5 cm³/mol. The maximum atomic E-state index is 11.8. The Labute approximate surface area is 141 Å². The zero-order valence-electron chi connectivity index (χ0n) is 15.1. The van der Waals surface area contributed by atoms with E-state index >= 15 is 0 Å². The van der Waals surface area contributed by atoms with Gasteiger partial charge in [-0.05, 0) is 11.8 Å². The summed E-state index contributed by atoms with van der Waals surface area (Å²) in [6.45, 7) is 9.60. The lowest BCUT2D eigenvalue weighted by molar-refractivity contribution is -0.122. The van der Waals surface area contributed by atoms with Crippen molar-refractivity contribution in [3.63, 3.8) is 0 Å². The predicted octanol–water partition coefficient (Wildman–Crippen LogP) is 1.58. The summed E-state index contributed by atoms with van der Waals surface area (Å²) in [7, 11) is 1.65. The topological polar surface area (TPSA) is 44.8 Å². The van der Waals surface area contributed by atoms with Crippen LogP contribution in [0.2, 0.25) is 0 Å². The average Bonchev–Trinajstić information content (AvgIpc) is 2.57. The highest BCUT2D eigenvalue weighted by atomic mass is 16.5. The lowest BCUT2D eigenvalue weighted by atomic mass is 9.80. The molecule has 1 saturated carbocycles. The van der Waals surface area contributed by atoms with E-state index in [0.717, 1.165) is 38.0 Å². The van der Waals surface area contributed by atoms with Crippen LogP contribution in [0.5, 0.6) is 0 Å². The average molecular weight is 325 g/mol. The summed E-state index contributed by atoms with van der Waals surface area (Å²) in [6, 6.07) is 0. The maximum Gasteiger partial charge on any atom is 0.234 e. The summed E-state index contributed by atoms with van der Waals surface area (Å²) in [4.78, 5) is 16.7. The number of nitrogens with zero attached hydrogens (tertiary/aromatic N) is 2. The first-order valence-electron chi connectivity index (χ1n) is 9.39. The number of hydrogen-bond acceptors (Lipinski definition) is 4. The molecule has 2 aliphatic rings. The second kappa shape index (κ2) is 10.3. The van der Waals surface area contributed by atoms with Gasteiger partial charge in [0.1, 0.15) is 0 Å². The number of amides is 1. The fourth-order valence-corrected chi connectivity index (χ4v) is 3.94. The number of ether oxygens (including phenoxy) is 1. The quantitative estimate of drug-likeness (QED) is 0.688. The Morgan fingerprint density at radius 2 is 1.78 bits per heavy atom. The van der Waals surface area contributed by atoms with E-state index in [9.17, 15) is 4.79 Å². The van der Waals surface area contributed by atoms with E-state index in [2.05, 4.69) is 22.0 Å². The largest absolute Gasteiger partial charge is 0.383 e. The molecule has 1 heterocycles. The van der Waals surface area contributed by atoms with Crippen LogP contribution in [0.4, 0.5) is 0 Å². The van der Waals surface area contributed by atoms with Gasteiger partial charge in [0.25, 0.3) is 0 Å². The second-order valence-electron chi connectivity index (χ2n) is 7.29. The lowest BCUT2D eigenvalue weighted by Gasteiger charge is -2.37. The van der Waals surface area contributed by atoms with Crippen molar-refractivity contribution in [3.8, 4) is 0 Å². The number of piperazine rings is 1. The highest BCUT2D eigenvalue weighted by molar-refractivity contribution is 5.77. The minimum absolute atomic E-state index is 0.117. The third-order valence-corrected chi connectivity index (χ3v) is 5.46. The molecule has 23 heavy (non-hydrogen) atoms. The molecule has 0 spiro atoms. The van der Waals surface area contributed by atoms with Crippen molar-refractivity contribution in [1.82, 2.24) is 15.1 Å². The molecule has 0 aromatic carbocycles. The highest BCUT2D eigenvalue weighted by Gasteiger charge is 2.24. The van der Waals surface area contributed by atoms with Crippen molar-refractivity contribution < 1.29 is 9.53 Å². The van der Waals surface area contributed by atoms with Gasteiger partial charge < -0.3 is 15.0 Å². The molecule has 0 bridgehead atoms. The van der Waals surface area contributed by atoms with Crippen molar-refractivity contribution in [2.75, 3.05) is 59.5 Å². The van der Waals surface area contributed by atoms with Crippen LogP contribution in [-0.2, 0) is 9.53 Å². The van der Waals surface area contributed by atoms with Gasteiger partial charge in [0.2, 0.25) is 5.91 Å². The van der Waals surface area contributed by atoms with Crippen LogP contribution in [0.15, 0.2) is 0 Å². The Bertz CT molecular complexity index is 337. The van der Waals surface area contributed by atoms with Crippen LogP contribution in [-0.4, -0.2) is 75.2 Å². The van der Waals surface area contributed by atoms with E-state index in [0.29, 0.717) is 19.7 Å². The molecule has 1 saturated heterocycles. The molecule has 5 heteroatoms. The Hall–Kier alpha value is -0.650. The number of carbonyl (C=O) groups excluding carboxylic acids is 1. The molecule has 1 aliphatic carbocycles. The van der Waals surface area contributed by atoms with Crippen LogP contribution >= 0.6 is 0 Å². The Morgan fingerprint density at radius 3 is 2.43 bits per heavy atom. The van der Waals surface area contributed by atoms with Gasteiger partial charge in [-0.25, -0.2) is 0 Å². The first-order chi connectivity index (χ1) is 11.2. The third kappa shape index (κ3) is 6.77. The Balaban J connectivity index is 1.60. The van der Waals surface area contributed by atoms with E-state index < -0.39 is 0 Å². The number of hydrogen-bond donors (Lipinski definition) is 1. The molecule has 5 nitrogen and oxygen atoms in total. The Kier molecular flexibility index (Phi) is 8.34. The molecule has 1 aliphatic heterocycles. The Morgan fingerprint density at radius 1 is 1.13 bits per heavy atom. The summed E-state index contributed by atoms with van der Waals surface area (Å²) in [6.07, 6.45) is 7.17. The monoisotopic (exact) mass is 325 g/mol. The summed E-state index contributed by atoms with van der Waals surface area (Å²) in [5.74, 6) is 1.87. The van der Waals surface area contributed by atoms with Gasteiger partial charge in [0.15, 0.2) is 0 Å². The van der Waals surface area contributed by atoms with Crippen molar-refractivity contribution in [2.24, 2.45) is 11.8 Å². The fourth-order valence-electron chi connectivity index (χ4n) is 3.94. The normalized spacial score (nSPS) is 22.9. The van der Waals surface area contributed by atoms with Gasteiger partial charge >= 0.3 is 0 Å². The third-order valence-electron chi connectivity index (χ3n) is 5.46. The first-order valence-corrected chi connectivity index (χ1v) is 9.39. The van der Waals surface area contributed by atoms with Crippen LogP contribution < -0.4 is 5.32 Å². The fraction of sp³-hybridized carbons (Fsp3) is 0.944. The van der Waals surface area contributed by atoms with Crippen LogP contribution in [0.25, 0.3) is 0 Å². The molecule has 1 atom stereocenters. The zero-order chi connectivity index (χ0) is 16.5. The van der Waals surface area contributed by atoms with Gasteiger partial charge in [-0.15, -0.1) is 0 Å². The number of rotatable bonds is 8. The second-order valence-corrected chi connectivity index (χ2v) is 7.29. The van der Waals surface area contributed by atoms with Crippen LogP contribution in [0, 0.1) is 11.8 Å². The standard InChI is InChI=1S/C18H35N3O2/c1-16(17-6-4-3-5-7-17)14-20-9-11-21(12-10-20)15-18(22)19-8-13-23-2/h16-17H,3-15H2,1-2H3,(H,19,22)/t16-/m1/s1. The van der Waals surface area contributed by atoms with E-state index in [1.165, 1.54) is 38.6 Å². The molecule has 0 unspecified atom stereocenters. The van der Waals surface area contributed by atoms with E-state index in [1.54, 1.807) is 7.11 Å². The molecular formula is C18H35N3O2. The SMILES string of the molecule is COCCNC(=O)CN1CCN(C[C@@H](C)C2CCCCC2)CC1. The first kappa shape index (κ1) is 18.7. The minimum Gasteiger partial charge on any atom is -0.383 e. The number of methoxy groups -OCH3 is 1. The zero-order valence-corrected chi connectivity index (χ0v) is 15.1. The molecule has 2 fully saturated rings. The van der Waals surface area contributed by atoms with Gasteiger partial charge in [0, 0.05) is 46.4 Å². The van der Waals surface area contributed by atoms with Crippen molar-refractivity contribution in [1.29, 1.82) is 0 Å². The lowest BCUT2D eigenvalue weighted by Crippen LogP contribution is -2.50. The summed E-state index contributed by atoms with van der Waals surface area (Å²) < 4.78 is 4.95. The summed E-state index contributed by atoms with van der Waals surface area (Å²) >= 11 is 0. The molecule has 1 N–H and O–H groups in total. The van der Waals surface area contributed by atoms with E-state index in [-0.39, 0.29) is 5.91 Å². The van der Waals surface area contributed by atoms with E-state index in [1.807, 2.05) is 0 Å². The van der Waals surface area contributed by atoms with E-state index in [4.69, 9.17) is 4.74 Å². The van der Waals surface area contributed by atoms with Gasteiger partial charge in [-0.3, -0.25) is 9.69 Å². The molecular weight excluding hydrogens is 290 g/mol. The minimum atomic E-state index is 0.117. The van der Waals surface area contributed by atoms with Crippen molar-refractivity contribution >= 4 is 5.91 Å². The van der Waals surface area contributed by atoms with Crippen molar-refractivity contribution in [3.05, 3.63) is 0 Å². The number of nitrogens with one attached hydrogen (secondary N) is 1. The van der Waals surface area contributed by atoms with Gasteiger partial charge in [-0.1, -0.05) is 39.0 Å². The van der Waals surface area contributed by atoms with Gasteiger partial charge in [0.05, 0.1) is 13.2 Å².